The fraction of sp³-hybridized carbons (Fsp3) is 0.615. The van der Waals surface area contributed by atoms with Crippen molar-refractivity contribution < 1.29 is 17.9 Å². The van der Waals surface area contributed by atoms with E-state index in [1.54, 1.807) is 0 Å². The largest absolute Gasteiger partial charge is 0.416 e. The summed E-state index contributed by atoms with van der Waals surface area (Å²) in [6.45, 7) is 5.61. The first-order valence-corrected chi connectivity index (χ1v) is 7.04. The van der Waals surface area contributed by atoms with Crippen molar-refractivity contribution in [1.82, 2.24) is 9.88 Å². The van der Waals surface area contributed by atoms with Crippen LogP contribution in [0.4, 0.5) is 19.0 Å². The van der Waals surface area contributed by atoms with E-state index in [-0.39, 0.29) is 17.0 Å². The maximum absolute atomic E-state index is 12.7. The van der Waals surface area contributed by atoms with Crippen LogP contribution in [0.25, 0.3) is 0 Å². The molecule has 8 heteroatoms. The van der Waals surface area contributed by atoms with Gasteiger partial charge < -0.3 is 10.1 Å². The summed E-state index contributed by atoms with van der Waals surface area (Å²) in [7, 11) is 0. The Morgan fingerprint density at radius 2 is 2.05 bits per heavy atom. The van der Waals surface area contributed by atoms with Crippen LogP contribution in [0.2, 0.25) is 5.15 Å². The number of pyridine rings is 1. The Morgan fingerprint density at radius 1 is 1.38 bits per heavy atom. The fourth-order valence-corrected chi connectivity index (χ4v) is 2.41. The van der Waals surface area contributed by atoms with Crippen LogP contribution in [0.1, 0.15) is 12.5 Å². The van der Waals surface area contributed by atoms with Crippen LogP contribution in [-0.2, 0) is 10.9 Å². The molecule has 2 rings (SSSR count). The molecule has 1 aromatic rings. The topological polar surface area (TPSA) is 37.4 Å². The third kappa shape index (κ3) is 5.01. The van der Waals surface area contributed by atoms with Crippen molar-refractivity contribution in [3.05, 3.63) is 22.8 Å². The highest BCUT2D eigenvalue weighted by molar-refractivity contribution is 6.29. The molecular weight excluding hydrogens is 307 g/mol. The molecule has 2 heterocycles. The quantitative estimate of drug-likeness (QED) is 0.865. The lowest BCUT2D eigenvalue weighted by atomic mass is 10.2. The lowest BCUT2D eigenvalue weighted by Crippen LogP contribution is -2.42. The molecule has 1 saturated heterocycles. The van der Waals surface area contributed by atoms with E-state index >= 15 is 0 Å². The van der Waals surface area contributed by atoms with Crippen molar-refractivity contribution in [2.24, 2.45) is 0 Å². The van der Waals surface area contributed by atoms with Crippen molar-refractivity contribution in [3.63, 3.8) is 0 Å². The Kier molecular flexibility index (Phi) is 5.29. The van der Waals surface area contributed by atoms with Gasteiger partial charge in [-0.1, -0.05) is 11.6 Å². The van der Waals surface area contributed by atoms with E-state index in [0.29, 0.717) is 19.8 Å². The number of nitrogens with zero attached hydrogens (tertiary/aromatic N) is 2. The Morgan fingerprint density at radius 3 is 2.67 bits per heavy atom. The van der Waals surface area contributed by atoms with Crippen LogP contribution >= 0.6 is 11.6 Å². The molecule has 21 heavy (non-hydrogen) atoms. The van der Waals surface area contributed by atoms with E-state index in [9.17, 15) is 13.2 Å². The zero-order valence-corrected chi connectivity index (χ0v) is 12.3. The SMILES string of the molecule is CC(CN1CCOCC1)Nc1cc(C(F)(F)F)cc(Cl)n1. The first-order valence-electron chi connectivity index (χ1n) is 6.66. The summed E-state index contributed by atoms with van der Waals surface area (Å²) < 4.78 is 43.4. The molecule has 1 atom stereocenters. The van der Waals surface area contributed by atoms with Crippen molar-refractivity contribution in [3.8, 4) is 0 Å². The van der Waals surface area contributed by atoms with Gasteiger partial charge >= 0.3 is 6.18 Å². The highest BCUT2D eigenvalue weighted by atomic mass is 35.5. The second-order valence-corrected chi connectivity index (χ2v) is 5.41. The van der Waals surface area contributed by atoms with Crippen LogP contribution < -0.4 is 5.32 Å². The normalized spacial score (nSPS) is 18.5. The van der Waals surface area contributed by atoms with Crippen molar-refractivity contribution in [1.29, 1.82) is 0 Å². The van der Waals surface area contributed by atoms with Gasteiger partial charge in [0.25, 0.3) is 0 Å². The van der Waals surface area contributed by atoms with Gasteiger partial charge in [-0.25, -0.2) is 4.98 Å². The molecule has 0 bridgehead atoms. The number of hydrogen-bond acceptors (Lipinski definition) is 4. The number of ether oxygens (including phenoxy) is 1. The monoisotopic (exact) mass is 323 g/mol. The number of anilines is 1. The van der Waals surface area contributed by atoms with Gasteiger partial charge in [0.05, 0.1) is 18.8 Å². The van der Waals surface area contributed by atoms with Gasteiger partial charge in [-0.05, 0) is 19.1 Å². The van der Waals surface area contributed by atoms with Gasteiger partial charge in [-0.2, -0.15) is 13.2 Å². The minimum atomic E-state index is -4.43. The molecule has 0 spiro atoms. The van der Waals surface area contributed by atoms with Gasteiger partial charge in [-0.3, -0.25) is 4.90 Å². The molecule has 0 saturated carbocycles. The number of nitrogens with one attached hydrogen (secondary N) is 1. The molecule has 1 aliphatic heterocycles. The fourth-order valence-electron chi connectivity index (χ4n) is 2.20. The summed E-state index contributed by atoms with van der Waals surface area (Å²) in [5.41, 5.74) is -0.802. The molecule has 1 N–H and O–H groups in total. The van der Waals surface area contributed by atoms with Gasteiger partial charge in [0.2, 0.25) is 0 Å². The summed E-state index contributed by atoms with van der Waals surface area (Å²) in [5, 5.41) is 2.79. The molecule has 1 aromatic heterocycles. The maximum atomic E-state index is 12.7. The molecule has 0 aromatic carbocycles. The maximum Gasteiger partial charge on any atom is 0.416 e. The molecule has 1 fully saturated rings. The van der Waals surface area contributed by atoms with Crippen molar-refractivity contribution >= 4 is 17.4 Å². The van der Waals surface area contributed by atoms with E-state index in [0.717, 1.165) is 25.2 Å². The third-order valence-corrected chi connectivity index (χ3v) is 3.35. The second kappa shape index (κ2) is 6.81. The Balaban J connectivity index is 1.99. The third-order valence-electron chi connectivity index (χ3n) is 3.15. The number of hydrogen-bond donors (Lipinski definition) is 1. The van der Waals surface area contributed by atoms with E-state index in [2.05, 4.69) is 15.2 Å². The molecule has 0 aliphatic carbocycles. The number of morpholine rings is 1. The first kappa shape index (κ1) is 16.3. The van der Waals surface area contributed by atoms with E-state index in [1.165, 1.54) is 0 Å². The van der Waals surface area contributed by atoms with Crippen LogP contribution in [0.3, 0.4) is 0 Å². The Bertz CT molecular complexity index is 478. The highest BCUT2D eigenvalue weighted by Gasteiger charge is 2.31. The molecule has 1 unspecified atom stereocenters. The van der Waals surface area contributed by atoms with Gasteiger partial charge in [0, 0.05) is 25.7 Å². The number of rotatable bonds is 4. The van der Waals surface area contributed by atoms with E-state index < -0.39 is 11.7 Å². The highest BCUT2D eigenvalue weighted by Crippen LogP contribution is 2.32. The number of alkyl halides is 3. The minimum absolute atomic E-state index is 0.0462. The number of aromatic nitrogens is 1. The van der Waals surface area contributed by atoms with Gasteiger partial charge in [-0.15, -0.1) is 0 Å². The zero-order chi connectivity index (χ0) is 15.5. The summed E-state index contributed by atoms with van der Waals surface area (Å²) in [6.07, 6.45) is -4.43. The molecule has 118 valence electrons. The second-order valence-electron chi connectivity index (χ2n) is 5.02. The van der Waals surface area contributed by atoms with Crippen LogP contribution in [0.5, 0.6) is 0 Å². The average molecular weight is 324 g/mol. The lowest BCUT2D eigenvalue weighted by Gasteiger charge is -2.29. The number of halogens is 4. The van der Waals surface area contributed by atoms with Crippen molar-refractivity contribution in [2.75, 3.05) is 38.2 Å². The molecule has 4 nitrogen and oxygen atoms in total. The van der Waals surface area contributed by atoms with Gasteiger partial charge in [0.1, 0.15) is 11.0 Å². The van der Waals surface area contributed by atoms with Crippen molar-refractivity contribution in [2.45, 2.75) is 19.1 Å². The Hall–Kier alpha value is -1.05. The average Bonchev–Trinajstić information content (AvgIpc) is 2.37. The van der Waals surface area contributed by atoms with Gasteiger partial charge in [0.15, 0.2) is 0 Å². The van der Waals surface area contributed by atoms with Crippen LogP contribution in [-0.4, -0.2) is 48.8 Å². The predicted octanol–water partition coefficient (Wildman–Crippen LogP) is 2.89. The summed E-state index contributed by atoms with van der Waals surface area (Å²) >= 11 is 5.65. The molecule has 1 aliphatic rings. The van der Waals surface area contributed by atoms with E-state index in [4.69, 9.17) is 16.3 Å². The lowest BCUT2D eigenvalue weighted by molar-refractivity contribution is -0.137. The van der Waals surface area contributed by atoms with Crippen LogP contribution in [0.15, 0.2) is 12.1 Å². The summed E-state index contributed by atoms with van der Waals surface area (Å²) in [5.74, 6) is 0.135. The zero-order valence-electron chi connectivity index (χ0n) is 11.6. The molecule has 0 amide bonds. The first-order chi connectivity index (χ1) is 9.84. The summed E-state index contributed by atoms with van der Waals surface area (Å²) in [4.78, 5) is 6.08. The molecular formula is C13H17ClF3N3O. The smallest absolute Gasteiger partial charge is 0.379 e. The summed E-state index contributed by atoms with van der Waals surface area (Å²) in [6, 6.07) is 1.75. The predicted molar refractivity (Wildman–Crippen MR) is 74.6 cm³/mol. The minimum Gasteiger partial charge on any atom is -0.379 e. The van der Waals surface area contributed by atoms with Crippen LogP contribution in [0, 0.1) is 0 Å². The van der Waals surface area contributed by atoms with E-state index in [1.807, 2.05) is 6.92 Å². The Labute approximate surface area is 126 Å². The standard InChI is InChI=1S/C13H17ClF3N3O/c1-9(8-20-2-4-21-5-3-20)18-12-7-10(13(15,16)17)6-11(14)19-12/h6-7,9H,2-5,8H2,1H3,(H,18,19). The molecule has 0 radical (unpaired) electrons.